The van der Waals surface area contributed by atoms with E-state index in [0.717, 1.165) is 12.1 Å². The third-order valence-electron chi connectivity index (χ3n) is 3.52. The molecule has 1 saturated heterocycles. The summed E-state index contributed by atoms with van der Waals surface area (Å²) in [5.74, 6) is 2.47. The van der Waals surface area contributed by atoms with Gasteiger partial charge in [-0.1, -0.05) is 12.1 Å². The van der Waals surface area contributed by atoms with Crippen LogP contribution >= 0.6 is 11.8 Å². The lowest BCUT2D eigenvalue weighted by atomic mass is 10.1. The van der Waals surface area contributed by atoms with Crippen LogP contribution in [0.3, 0.4) is 0 Å². The van der Waals surface area contributed by atoms with E-state index in [9.17, 15) is 8.42 Å². The zero-order valence-corrected chi connectivity index (χ0v) is 13.6. The van der Waals surface area contributed by atoms with Crippen molar-refractivity contribution in [3.05, 3.63) is 29.8 Å². The standard InChI is InChI=1S/C14H22N2O2S2/c1-16(2)20(17,18)14-5-3-12(4-6-14)11-15-13-7-9-19-10-8-13/h3-6,13,15H,7-11H2,1-2H3. The van der Waals surface area contributed by atoms with E-state index in [1.807, 2.05) is 23.9 Å². The molecule has 0 saturated carbocycles. The van der Waals surface area contributed by atoms with Crippen molar-refractivity contribution in [2.24, 2.45) is 0 Å². The average molecular weight is 314 g/mol. The van der Waals surface area contributed by atoms with Crippen LogP contribution in [0.15, 0.2) is 29.2 Å². The highest BCUT2D eigenvalue weighted by Gasteiger charge is 2.17. The third kappa shape index (κ3) is 3.97. The van der Waals surface area contributed by atoms with Crippen molar-refractivity contribution < 1.29 is 8.42 Å². The molecule has 1 fully saturated rings. The van der Waals surface area contributed by atoms with Gasteiger partial charge in [-0.15, -0.1) is 0 Å². The maximum absolute atomic E-state index is 12.0. The molecule has 1 N–H and O–H groups in total. The van der Waals surface area contributed by atoms with E-state index in [2.05, 4.69) is 5.32 Å². The molecule has 1 aromatic rings. The first-order valence-electron chi connectivity index (χ1n) is 6.83. The Morgan fingerprint density at radius 2 is 1.80 bits per heavy atom. The summed E-state index contributed by atoms with van der Waals surface area (Å²) in [4.78, 5) is 0.348. The van der Waals surface area contributed by atoms with Crippen LogP contribution in [0.4, 0.5) is 0 Å². The molecular weight excluding hydrogens is 292 g/mol. The quantitative estimate of drug-likeness (QED) is 0.902. The second-order valence-electron chi connectivity index (χ2n) is 5.20. The van der Waals surface area contributed by atoms with E-state index >= 15 is 0 Å². The summed E-state index contributed by atoms with van der Waals surface area (Å²) >= 11 is 2.02. The topological polar surface area (TPSA) is 49.4 Å². The van der Waals surface area contributed by atoms with Crippen molar-refractivity contribution in [1.29, 1.82) is 0 Å². The van der Waals surface area contributed by atoms with Crippen LogP contribution in [0.2, 0.25) is 0 Å². The Hall–Kier alpha value is -0.560. The summed E-state index contributed by atoms with van der Waals surface area (Å²) in [6.07, 6.45) is 2.44. The lowest BCUT2D eigenvalue weighted by Gasteiger charge is -2.22. The van der Waals surface area contributed by atoms with E-state index in [1.54, 1.807) is 26.2 Å². The molecule has 0 unspecified atom stereocenters. The molecule has 6 heteroatoms. The maximum Gasteiger partial charge on any atom is 0.242 e. The van der Waals surface area contributed by atoms with Gasteiger partial charge >= 0.3 is 0 Å². The number of hydrogen-bond acceptors (Lipinski definition) is 4. The Labute approximate surface area is 126 Å². The van der Waals surface area contributed by atoms with Crippen LogP contribution in [0.5, 0.6) is 0 Å². The van der Waals surface area contributed by atoms with Gasteiger partial charge in [0.2, 0.25) is 10.0 Å². The van der Waals surface area contributed by atoms with Gasteiger partial charge in [-0.25, -0.2) is 12.7 Å². The highest BCUT2D eigenvalue weighted by Crippen LogP contribution is 2.18. The van der Waals surface area contributed by atoms with Crippen LogP contribution in [-0.4, -0.2) is 44.4 Å². The Balaban J connectivity index is 1.94. The molecule has 0 radical (unpaired) electrons. The number of nitrogens with zero attached hydrogens (tertiary/aromatic N) is 1. The van der Waals surface area contributed by atoms with E-state index in [0.29, 0.717) is 10.9 Å². The van der Waals surface area contributed by atoms with E-state index in [4.69, 9.17) is 0 Å². The predicted molar refractivity (Wildman–Crippen MR) is 84.5 cm³/mol. The molecule has 1 aliphatic rings. The van der Waals surface area contributed by atoms with Crippen LogP contribution in [0, 0.1) is 0 Å². The molecule has 112 valence electrons. The first-order chi connectivity index (χ1) is 9.50. The van der Waals surface area contributed by atoms with Gasteiger partial charge in [-0.05, 0) is 42.0 Å². The summed E-state index contributed by atoms with van der Waals surface area (Å²) < 4.78 is 25.1. The van der Waals surface area contributed by atoms with Crippen molar-refractivity contribution in [3.8, 4) is 0 Å². The molecule has 2 rings (SSSR count). The van der Waals surface area contributed by atoms with Gasteiger partial charge in [0, 0.05) is 26.7 Å². The fourth-order valence-corrected chi connectivity index (χ4v) is 4.16. The summed E-state index contributed by atoms with van der Waals surface area (Å²) in [5.41, 5.74) is 1.13. The molecule has 1 aliphatic heterocycles. The minimum atomic E-state index is -3.32. The average Bonchev–Trinajstić information content (AvgIpc) is 2.46. The molecule has 20 heavy (non-hydrogen) atoms. The first kappa shape index (κ1) is 15.8. The minimum absolute atomic E-state index is 0.348. The van der Waals surface area contributed by atoms with Gasteiger partial charge in [-0.2, -0.15) is 11.8 Å². The van der Waals surface area contributed by atoms with Crippen molar-refractivity contribution in [3.63, 3.8) is 0 Å². The highest BCUT2D eigenvalue weighted by atomic mass is 32.2. The second kappa shape index (κ2) is 6.93. The van der Waals surface area contributed by atoms with Gasteiger partial charge in [-0.3, -0.25) is 0 Å². The van der Waals surface area contributed by atoms with E-state index in [1.165, 1.54) is 28.7 Å². The summed E-state index contributed by atoms with van der Waals surface area (Å²) in [7, 11) is -0.224. The Morgan fingerprint density at radius 1 is 1.20 bits per heavy atom. The minimum Gasteiger partial charge on any atom is -0.310 e. The molecule has 4 nitrogen and oxygen atoms in total. The molecule has 0 atom stereocenters. The largest absolute Gasteiger partial charge is 0.310 e. The van der Waals surface area contributed by atoms with Crippen LogP contribution < -0.4 is 5.32 Å². The normalized spacial score (nSPS) is 17.6. The molecule has 1 heterocycles. The number of nitrogens with one attached hydrogen (secondary N) is 1. The first-order valence-corrected chi connectivity index (χ1v) is 9.42. The summed E-state index contributed by atoms with van der Waals surface area (Å²) in [5, 5.41) is 3.55. The number of rotatable bonds is 5. The molecule has 0 aliphatic carbocycles. The maximum atomic E-state index is 12.0. The van der Waals surface area contributed by atoms with Crippen molar-refractivity contribution in [2.75, 3.05) is 25.6 Å². The predicted octanol–water partition coefficient (Wildman–Crippen LogP) is 1.92. The molecule has 0 aromatic heterocycles. The number of sulfonamides is 1. The zero-order valence-electron chi connectivity index (χ0n) is 12.0. The molecule has 1 aromatic carbocycles. The lowest BCUT2D eigenvalue weighted by molar-refractivity contribution is 0.482. The van der Waals surface area contributed by atoms with E-state index in [-0.39, 0.29) is 0 Å². The number of benzene rings is 1. The van der Waals surface area contributed by atoms with Gasteiger partial charge in [0.15, 0.2) is 0 Å². The second-order valence-corrected chi connectivity index (χ2v) is 8.58. The van der Waals surface area contributed by atoms with Crippen molar-refractivity contribution in [1.82, 2.24) is 9.62 Å². The van der Waals surface area contributed by atoms with Crippen molar-refractivity contribution in [2.45, 2.75) is 30.3 Å². The van der Waals surface area contributed by atoms with Gasteiger partial charge in [0.05, 0.1) is 4.90 Å². The van der Waals surface area contributed by atoms with E-state index < -0.39 is 10.0 Å². The smallest absolute Gasteiger partial charge is 0.242 e. The lowest BCUT2D eigenvalue weighted by Crippen LogP contribution is -2.32. The molecule has 0 amide bonds. The Bertz CT molecular complexity index is 521. The molecule has 0 bridgehead atoms. The highest BCUT2D eigenvalue weighted by molar-refractivity contribution is 7.99. The monoisotopic (exact) mass is 314 g/mol. The van der Waals surface area contributed by atoms with Gasteiger partial charge < -0.3 is 5.32 Å². The van der Waals surface area contributed by atoms with Crippen LogP contribution in [0.1, 0.15) is 18.4 Å². The fourth-order valence-electron chi connectivity index (χ4n) is 2.15. The SMILES string of the molecule is CN(C)S(=O)(=O)c1ccc(CNC2CCSCC2)cc1. The molecular formula is C14H22N2O2S2. The number of thioether (sulfide) groups is 1. The van der Waals surface area contributed by atoms with Gasteiger partial charge in [0.25, 0.3) is 0 Å². The zero-order chi connectivity index (χ0) is 14.6. The fraction of sp³-hybridized carbons (Fsp3) is 0.571. The van der Waals surface area contributed by atoms with Crippen LogP contribution in [0.25, 0.3) is 0 Å². The van der Waals surface area contributed by atoms with Crippen LogP contribution in [-0.2, 0) is 16.6 Å². The van der Waals surface area contributed by atoms with Crippen molar-refractivity contribution >= 4 is 21.8 Å². The Kier molecular flexibility index (Phi) is 5.49. The Morgan fingerprint density at radius 3 is 2.35 bits per heavy atom. The summed E-state index contributed by atoms with van der Waals surface area (Å²) in [6, 6.07) is 7.75. The van der Waals surface area contributed by atoms with Gasteiger partial charge in [0.1, 0.15) is 0 Å². The number of hydrogen-bond donors (Lipinski definition) is 1. The molecule has 0 spiro atoms. The summed E-state index contributed by atoms with van der Waals surface area (Å²) in [6.45, 7) is 0.803. The third-order valence-corrected chi connectivity index (χ3v) is 6.40.